The molecule has 0 fully saturated rings. The molecular formula is C18H19BrN2O2. The zero-order valence-corrected chi connectivity index (χ0v) is 14.8. The normalized spacial score (nSPS) is 10.2. The monoisotopic (exact) mass is 374 g/mol. The van der Waals surface area contributed by atoms with Gasteiger partial charge in [0.2, 0.25) is 5.91 Å². The first-order valence-electron chi connectivity index (χ1n) is 7.41. The molecule has 2 rings (SSSR count). The highest BCUT2D eigenvalue weighted by atomic mass is 79.9. The Kier molecular flexibility index (Phi) is 5.93. The number of hydrogen-bond acceptors (Lipinski definition) is 2. The molecule has 23 heavy (non-hydrogen) atoms. The standard InChI is InChI=1S/C18H19BrN2O2/c1-3-21(13(2)22)12-15-7-4-5-10-17(15)20-18(23)14-8-6-9-16(19)11-14/h4-11H,3,12H2,1-2H3,(H,20,23). The maximum atomic E-state index is 12.4. The Morgan fingerprint density at radius 3 is 2.52 bits per heavy atom. The van der Waals surface area contributed by atoms with Crippen LogP contribution in [0.4, 0.5) is 5.69 Å². The lowest BCUT2D eigenvalue weighted by molar-refractivity contribution is -0.129. The van der Waals surface area contributed by atoms with Crippen LogP contribution in [-0.2, 0) is 11.3 Å². The summed E-state index contributed by atoms with van der Waals surface area (Å²) in [6, 6.07) is 14.8. The van der Waals surface area contributed by atoms with Crippen molar-refractivity contribution >= 4 is 33.4 Å². The number of benzene rings is 2. The van der Waals surface area contributed by atoms with Gasteiger partial charge in [0.1, 0.15) is 0 Å². The molecule has 0 aliphatic heterocycles. The molecule has 2 aromatic rings. The third-order valence-electron chi connectivity index (χ3n) is 3.54. The third kappa shape index (κ3) is 4.66. The number of nitrogens with one attached hydrogen (secondary N) is 1. The molecule has 0 radical (unpaired) electrons. The fourth-order valence-electron chi connectivity index (χ4n) is 2.26. The average Bonchev–Trinajstić information content (AvgIpc) is 2.53. The van der Waals surface area contributed by atoms with Gasteiger partial charge >= 0.3 is 0 Å². The number of carbonyl (C=O) groups is 2. The Bertz CT molecular complexity index is 716. The molecule has 0 aromatic heterocycles. The molecule has 0 saturated carbocycles. The van der Waals surface area contributed by atoms with Gasteiger partial charge in [-0.2, -0.15) is 0 Å². The van der Waals surface area contributed by atoms with Gasteiger partial charge in [-0.15, -0.1) is 0 Å². The Balaban J connectivity index is 2.20. The fraction of sp³-hybridized carbons (Fsp3) is 0.222. The van der Waals surface area contributed by atoms with Gasteiger partial charge in [-0.25, -0.2) is 0 Å². The number of nitrogens with zero attached hydrogens (tertiary/aromatic N) is 1. The molecule has 0 bridgehead atoms. The summed E-state index contributed by atoms with van der Waals surface area (Å²) in [6.07, 6.45) is 0. The lowest BCUT2D eigenvalue weighted by atomic mass is 10.1. The maximum Gasteiger partial charge on any atom is 0.255 e. The molecule has 0 saturated heterocycles. The zero-order valence-electron chi connectivity index (χ0n) is 13.2. The van der Waals surface area contributed by atoms with E-state index in [2.05, 4.69) is 21.2 Å². The minimum Gasteiger partial charge on any atom is -0.339 e. The highest BCUT2D eigenvalue weighted by Gasteiger charge is 2.12. The van der Waals surface area contributed by atoms with Crippen LogP contribution >= 0.6 is 15.9 Å². The van der Waals surface area contributed by atoms with Gasteiger partial charge in [-0.1, -0.05) is 40.2 Å². The second-order valence-corrected chi connectivity index (χ2v) is 6.07. The number of carbonyl (C=O) groups excluding carboxylic acids is 2. The van der Waals surface area contributed by atoms with Crippen LogP contribution in [0, 0.1) is 0 Å². The van der Waals surface area contributed by atoms with E-state index in [4.69, 9.17) is 0 Å². The van der Waals surface area contributed by atoms with E-state index in [0.717, 1.165) is 15.7 Å². The molecule has 0 aliphatic carbocycles. The molecule has 0 unspecified atom stereocenters. The van der Waals surface area contributed by atoms with Crippen LogP contribution in [0.3, 0.4) is 0 Å². The van der Waals surface area contributed by atoms with E-state index in [-0.39, 0.29) is 11.8 Å². The number of amides is 2. The van der Waals surface area contributed by atoms with E-state index in [9.17, 15) is 9.59 Å². The van der Waals surface area contributed by atoms with Crippen LogP contribution in [0.15, 0.2) is 53.0 Å². The molecule has 5 heteroatoms. The minimum absolute atomic E-state index is 0.0145. The van der Waals surface area contributed by atoms with Crippen molar-refractivity contribution in [1.29, 1.82) is 0 Å². The summed E-state index contributed by atoms with van der Waals surface area (Å²) < 4.78 is 0.854. The van der Waals surface area contributed by atoms with Crippen LogP contribution in [0.1, 0.15) is 29.8 Å². The molecular weight excluding hydrogens is 356 g/mol. The summed E-state index contributed by atoms with van der Waals surface area (Å²) in [5, 5.41) is 2.92. The van der Waals surface area contributed by atoms with Crippen molar-refractivity contribution in [3.8, 4) is 0 Å². The zero-order chi connectivity index (χ0) is 16.8. The molecule has 2 amide bonds. The predicted octanol–water partition coefficient (Wildman–Crippen LogP) is 4.07. The summed E-state index contributed by atoms with van der Waals surface area (Å²) in [7, 11) is 0. The molecule has 0 aliphatic rings. The SMILES string of the molecule is CCN(Cc1ccccc1NC(=O)c1cccc(Br)c1)C(C)=O. The lowest BCUT2D eigenvalue weighted by Gasteiger charge is -2.21. The molecule has 0 heterocycles. The first kappa shape index (κ1) is 17.2. The molecule has 120 valence electrons. The Labute approximate surface area is 144 Å². The largest absolute Gasteiger partial charge is 0.339 e. The summed E-state index contributed by atoms with van der Waals surface area (Å²) in [5.41, 5.74) is 2.21. The quantitative estimate of drug-likeness (QED) is 0.857. The smallest absolute Gasteiger partial charge is 0.255 e. The topological polar surface area (TPSA) is 49.4 Å². The lowest BCUT2D eigenvalue weighted by Crippen LogP contribution is -2.28. The second kappa shape index (κ2) is 7.92. The van der Waals surface area contributed by atoms with Gasteiger partial charge < -0.3 is 10.2 Å². The highest BCUT2D eigenvalue weighted by Crippen LogP contribution is 2.19. The van der Waals surface area contributed by atoms with E-state index >= 15 is 0 Å². The van der Waals surface area contributed by atoms with Crippen LogP contribution in [0.25, 0.3) is 0 Å². The molecule has 1 N–H and O–H groups in total. The summed E-state index contributed by atoms with van der Waals surface area (Å²) in [4.78, 5) is 25.7. The average molecular weight is 375 g/mol. The van der Waals surface area contributed by atoms with Crippen molar-refractivity contribution < 1.29 is 9.59 Å². The van der Waals surface area contributed by atoms with E-state index in [1.807, 2.05) is 43.3 Å². The molecule has 0 spiro atoms. The number of halogens is 1. The Hall–Kier alpha value is -2.14. The Morgan fingerprint density at radius 2 is 1.87 bits per heavy atom. The van der Waals surface area contributed by atoms with Crippen molar-refractivity contribution in [2.45, 2.75) is 20.4 Å². The van der Waals surface area contributed by atoms with Crippen LogP contribution in [0.2, 0.25) is 0 Å². The summed E-state index contributed by atoms with van der Waals surface area (Å²) >= 11 is 3.36. The van der Waals surface area contributed by atoms with E-state index < -0.39 is 0 Å². The number of anilines is 1. The van der Waals surface area contributed by atoms with Crippen molar-refractivity contribution in [3.63, 3.8) is 0 Å². The van der Waals surface area contributed by atoms with E-state index in [0.29, 0.717) is 18.7 Å². The predicted molar refractivity (Wildman–Crippen MR) is 95.3 cm³/mol. The van der Waals surface area contributed by atoms with Gasteiger partial charge in [0.05, 0.1) is 0 Å². The minimum atomic E-state index is -0.176. The third-order valence-corrected chi connectivity index (χ3v) is 4.03. The fourth-order valence-corrected chi connectivity index (χ4v) is 2.65. The van der Waals surface area contributed by atoms with E-state index in [1.54, 1.807) is 24.0 Å². The first-order valence-corrected chi connectivity index (χ1v) is 8.21. The van der Waals surface area contributed by atoms with Crippen LogP contribution in [0.5, 0.6) is 0 Å². The molecule has 4 nitrogen and oxygen atoms in total. The second-order valence-electron chi connectivity index (χ2n) is 5.15. The van der Waals surface area contributed by atoms with Crippen molar-refractivity contribution in [2.75, 3.05) is 11.9 Å². The van der Waals surface area contributed by atoms with Gasteiger partial charge in [0, 0.05) is 35.7 Å². The number of para-hydroxylation sites is 1. The first-order chi connectivity index (χ1) is 11.0. The molecule has 0 atom stereocenters. The highest BCUT2D eigenvalue weighted by molar-refractivity contribution is 9.10. The van der Waals surface area contributed by atoms with Crippen molar-refractivity contribution in [1.82, 2.24) is 4.90 Å². The Morgan fingerprint density at radius 1 is 1.13 bits per heavy atom. The number of rotatable bonds is 5. The van der Waals surface area contributed by atoms with Crippen molar-refractivity contribution in [2.24, 2.45) is 0 Å². The van der Waals surface area contributed by atoms with E-state index in [1.165, 1.54) is 0 Å². The van der Waals surface area contributed by atoms with Gasteiger partial charge in [-0.3, -0.25) is 9.59 Å². The van der Waals surface area contributed by atoms with Crippen molar-refractivity contribution in [3.05, 3.63) is 64.1 Å². The van der Waals surface area contributed by atoms with Gasteiger partial charge in [0.25, 0.3) is 5.91 Å². The maximum absolute atomic E-state index is 12.4. The van der Waals surface area contributed by atoms with Gasteiger partial charge in [-0.05, 0) is 36.8 Å². The summed E-state index contributed by atoms with van der Waals surface area (Å²) in [6.45, 7) is 4.58. The van der Waals surface area contributed by atoms with Crippen LogP contribution < -0.4 is 5.32 Å². The van der Waals surface area contributed by atoms with Crippen LogP contribution in [-0.4, -0.2) is 23.3 Å². The molecule has 2 aromatic carbocycles. The summed E-state index contributed by atoms with van der Waals surface area (Å²) in [5.74, 6) is -0.162. The van der Waals surface area contributed by atoms with Gasteiger partial charge in [0.15, 0.2) is 0 Å². The number of hydrogen-bond donors (Lipinski definition) is 1.